The van der Waals surface area contributed by atoms with E-state index >= 15 is 0 Å². The highest BCUT2D eigenvalue weighted by molar-refractivity contribution is 7.89. The monoisotopic (exact) mass is 515 g/mol. The van der Waals surface area contributed by atoms with Crippen LogP contribution in [0.25, 0.3) is 10.9 Å². The largest absolute Gasteiger partial charge is 0.365 e. The molecule has 2 heterocycles. The Labute approximate surface area is 219 Å². The first-order valence-electron chi connectivity index (χ1n) is 12.8. The molecule has 0 aliphatic carbocycles. The molecule has 1 aromatic heterocycles. The maximum Gasteiger partial charge on any atom is 0.243 e. The van der Waals surface area contributed by atoms with Crippen molar-refractivity contribution in [3.05, 3.63) is 95.8 Å². The van der Waals surface area contributed by atoms with Crippen LogP contribution in [0, 0.1) is 0 Å². The molecule has 1 atom stereocenters. The fourth-order valence-corrected chi connectivity index (χ4v) is 6.16. The average molecular weight is 516 g/mol. The first-order chi connectivity index (χ1) is 18.0. The third-order valence-electron chi connectivity index (χ3n) is 7.09. The van der Waals surface area contributed by atoms with Gasteiger partial charge in [-0.05, 0) is 48.7 Å². The maximum atomic E-state index is 13.2. The van der Waals surface area contributed by atoms with Crippen molar-refractivity contribution in [1.29, 1.82) is 0 Å². The van der Waals surface area contributed by atoms with Crippen molar-refractivity contribution >= 4 is 26.7 Å². The van der Waals surface area contributed by atoms with E-state index in [0.29, 0.717) is 37.6 Å². The number of sulfonamides is 1. The van der Waals surface area contributed by atoms with Crippen LogP contribution in [-0.4, -0.2) is 53.8 Å². The van der Waals surface area contributed by atoms with Crippen LogP contribution in [0.5, 0.6) is 0 Å². The smallest absolute Gasteiger partial charge is 0.243 e. The van der Waals surface area contributed by atoms with Crippen LogP contribution in [0.2, 0.25) is 0 Å². The quantitative estimate of drug-likeness (QED) is 0.361. The minimum absolute atomic E-state index is 0.0458. The van der Waals surface area contributed by atoms with Crippen molar-refractivity contribution in [2.24, 2.45) is 0 Å². The lowest BCUT2D eigenvalue weighted by Crippen LogP contribution is -2.49. The molecular formula is C29H33N5O2S. The van der Waals surface area contributed by atoms with Gasteiger partial charge in [-0.1, -0.05) is 61.5 Å². The zero-order chi connectivity index (χ0) is 25.8. The number of anilines is 1. The van der Waals surface area contributed by atoms with Gasteiger partial charge in [-0.3, -0.25) is 4.90 Å². The SMILES string of the molecule is CCc1ccc(S(=O)(=O)N2CCN(C(C)c3nc(NCc4ccccc4)c4ccccc4n3)CC2)cc1. The van der Waals surface area contributed by atoms with Crippen molar-refractivity contribution in [2.45, 2.75) is 37.8 Å². The highest BCUT2D eigenvalue weighted by atomic mass is 32.2. The van der Waals surface area contributed by atoms with E-state index in [0.717, 1.165) is 34.5 Å². The number of nitrogens with one attached hydrogen (secondary N) is 1. The fourth-order valence-electron chi connectivity index (χ4n) is 4.74. The number of aryl methyl sites for hydroxylation is 1. The van der Waals surface area contributed by atoms with Crippen LogP contribution < -0.4 is 5.32 Å². The van der Waals surface area contributed by atoms with Crippen molar-refractivity contribution in [3.8, 4) is 0 Å². The van der Waals surface area contributed by atoms with E-state index in [1.54, 1.807) is 16.4 Å². The molecule has 192 valence electrons. The summed E-state index contributed by atoms with van der Waals surface area (Å²) < 4.78 is 28.0. The Morgan fingerprint density at radius 2 is 1.51 bits per heavy atom. The summed E-state index contributed by atoms with van der Waals surface area (Å²) in [5.74, 6) is 1.55. The van der Waals surface area contributed by atoms with Crippen molar-refractivity contribution in [2.75, 3.05) is 31.5 Å². The van der Waals surface area contributed by atoms with Gasteiger partial charge in [0.1, 0.15) is 11.6 Å². The predicted molar refractivity (Wildman–Crippen MR) is 148 cm³/mol. The Bertz CT molecular complexity index is 1450. The molecule has 1 aliphatic heterocycles. The summed E-state index contributed by atoms with van der Waals surface area (Å²) in [5, 5.41) is 4.48. The lowest BCUT2D eigenvalue weighted by molar-refractivity contribution is 0.141. The first kappa shape index (κ1) is 25.3. The summed E-state index contributed by atoms with van der Waals surface area (Å²) in [5.41, 5.74) is 3.21. The van der Waals surface area contributed by atoms with Gasteiger partial charge >= 0.3 is 0 Å². The summed E-state index contributed by atoms with van der Waals surface area (Å²) in [6, 6.07) is 25.5. The zero-order valence-electron chi connectivity index (χ0n) is 21.3. The molecule has 1 unspecified atom stereocenters. The maximum absolute atomic E-state index is 13.2. The number of fused-ring (bicyclic) bond motifs is 1. The second kappa shape index (κ2) is 11.0. The van der Waals surface area contributed by atoms with Crippen molar-refractivity contribution in [1.82, 2.24) is 19.2 Å². The van der Waals surface area contributed by atoms with E-state index in [-0.39, 0.29) is 6.04 Å². The molecule has 8 heteroatoms. The van der Waals surface area contributed by atoms with Gasteiger partial charge in [0.2, 0.25) is 10.0 Å². The molecule has 5 rings (SSSR count). The second-order valence-corrected chi connectivity index (χ2v) is 11.3. The topological polar surface area (TPSA) is 78.4 Å². The predicted octanol–water partition coefficient (Wildman–Crippen LogP) is 4.87. The summed E-state index contributed by atoms with van der Waals surface area (Å²) in [4.78, 5) is 12.4. The number of aromatic nitrogens is 2. The minimum Gasteiger partial charge on any atom is -0.365 e. The molecule has 1 fully saturated rings. The molecule has 37 heavy (non-hydrogen) atoms. The average Bonchev–Trinajstić information content (AvgIpc) is 2.96. The molecule has 0 amide bonds. The Hall–Kier alpha value is -3.33. The lowest BCUT2D eigenvalue weighted by Gasteiger charge is -2.36. The molecule has 4 aromatic rings. The van der Waals surface area contributed by atoms with Crippen LogP contribution in [0.1, 0.15) is 36.8 Å². The lowest BCUT2D eigenvalue weighted by atomic mass is 10.2. The zero-order valence-corrected chi connectivity index (χ0v) is 22.2. The number of hydrogen-bond donors (Lipinski definition) is 1. The third-order valence-corrected chi connectivity index (χ3v) is 9.00. The van der Waals surface area contributed by atoms with Gasteiger partial charge in [-0.25, -0.2) is 18.4 Å². The number of piperazine rings is 1. The first-order valence-corrected chi connectivity index (χ1v) is 14.3. The Kier molecular flexibility index (Phi) is 7.50. The molecule has 0 radical (unpaired) electrons. The van der Waals surface area contributed by atoms with E-state index in [1.807, 2.05) is 54.6 Å². The number of para-hydroxylation sites is 1. The van der Waals surface area contributed by atoms with Crippen LogP contribution in [0.4, 0.5) is 5.82 Å². The molecule has 0 spiro atoms. The molecular weight excluding hydrogens is 482 g/mol. The summed E-state index contributed by atoms with van der Waals surface area (Å²) in [7, 11) is -3.50. The Morgan fingerprint density at radius 3 is 2.22 bits per heavy atom. The molecule has 0 saturated carbocycles. The summed E-state index contributed by atoms with van der Waals surface area (Å²) >= 11 is 0. The van der Waals surface area contributed by atoms with E-state index in [2.05, 4.69) is 36.2 Å². The highest BCUT2D eigenvalue weighted by Gasteiger charge is 2.31. The minimum atomic E-state index is -3.50. The van der Waals surface area contributed by atoms with Crippen LogP contribution in [0.3, 0.4) is 0 Å². The van der Waals surface area contributed by atoms with Crippen molar-refractivity contribution in [3.63, 3.8) is 0 Å². The number of rotatable bonds is 8. The third kappa shape index (κ3) is 5.51. The van der Waals surface area contributed by atoms with Gasteiger partial charge in [-0.15, -0.1) is 0 Å². The normalized spacial score (nSPS) is 16.1. The molecule has 1 N–H and O–H groups in total. The molecule has 3 aromatic carbocycles. The van der Waals surface area contributed by atoms with Gasteiger partial charge < -0.3 is 5.32 Å². The highest BCUT2D eigenvalue weighted by Crippen LogP contribution is 2.27. The van der Waals surface area contributed by atoms with Gasteiger partial charge in [-0.2, -0.15) is 4.31 Å². The molecule has 1 saturated heterocycles. The number of hydrogen-bond acceptors (Lipinski definition) is 6. The van der Waals surface area contributed by atoms with Gasteiger partial charge in [0.25, 0.3) is 0 Å². The Morgan fingerprint density at radius 1 is 0.838 bits per heavy atom. The van der Waals surface area contributed by atoms with Gasteiger partial charge in [0.15, 0.2) is 0 Å². The molecule has 0 bridgehead atoms. The fraction of sp³-hybridized carbons (Fsp3) is 0.310. The van der Waals surface area contributed by atoms with Crippen molar-refractivity contribution < 1.29 is 8.42 Å². The molecule has 7 nitrogen and oxygen atoms in total. The standard InChI is InChI=1S/C29H33N5O2S/c1-3-23-13-15-25(16-14-23)37(35,36)34-19-17-33(18-20-34)22(2)28-31-27-12-8-7-11-26(27)29(32-28)30-21-24-9-5-4-6-10-24/h4-16,22H,3,17-21H2,1-2H3,(H,30,31,32). The second-order valence-electron chi connectivity index (χ2n) is 9.40. The Balaban J connectivity index is 1.31. The summed E-state index contributed by atoms with van der Waals surface area (Å²) in [6.07, 6.45) is 0.886. The van der Waals surface area contributed by atoms with E-state index < -0.39 is 10.0 Å². The van der Waals surface area contributed by atoms with Crippen LogP contribution in [0.15, 0.2) is 83.8 Å². The van der Waals surface area contributed by atoms with E-state index in [1.165, 1.54) is 5.56 Å². The van der Waals surface area contributed by atoms with E-state index in [4.69, 9.17) is 9.97 Å². The van der Waals surface area contributed by atoms with Gasteiger partial charge in [0, 0.05) is 38.1 Å². The number of nitrogens with zero attached hydrogens (tertiary/aromatic N) is 4. The molecule has 1 aliphatic rings. The van der Waals surface area contributed by atoms with E-state index in [9.17, 15) is 8.42 Å². The van der Waals surface area contributed by atoms with Crippen LogP contribution >= 0.6 is 0 Å². The summed E-state index contributed by atoms with van der Waals surface area (Å²) in [6.45, 7) is 6.95. The van der Waals surface area contributed by atoms with Gasteiger partial charge in [0.05, 0.1) is 16.5 Å². The van der Waals surface area contributed by atoms with Crippen LogP contribution in [-0.2, 0) is 23.0 Å². The number of benzene rings is 3.